The molecule has 0 saturated heterocycles. The number of aromatic nitrogens is 4. The number of hydrogen-bond acceptors (Lipinski definition) is 2. The molecule has 0 unspecified atom stereocenters. The zero-order chi connectivity index (χ0) is 51.1. The number of rotatable bonds is 9. The first kappa shape index (κ1) is 52.3. The van der Waals surface area contributed by atoms with Gasteiger partial charge in [0.15, 0.2) is 0 Å². The van der Waals surface area contributed by atoms with E-state index < -0.39 is 0 Å². The predicted octanol–water partition coefficient (Wildman–Crippen LogP) is 16.3. The van der Waals surface area contributed by atoms with E-state index in [2.05, 4.69) is 277 Å². The third kappa shape index (κ3) is 10.2. The molecule has 0 atom stereocenters. The standard InChI is InChI=1S/C66H72N4O.Pt/c1-61(2,3)46-31-32-67-60(39-46)70-57-30-27-47(65(13,14)44-23-19-17-20-24-44)38-56(57)55-29-28-53(41-58(55)70)71-54-37-50(64(10,11)12)34-51(40-54)68-42-59(66(15,16)45-25-21-18-22-26-45)69(43-68)52-35-48(62(4,5)6)33-49(36-52)63(7,8)9;/h17-39,42H,1-16H3;/q-2;. The fourth-order valence-electron chi connectivity index (χ4n) is 9.64. The Morgan fingerprint density at radius 1 is 0.472 bits per heavy atom. The number of benzene rings is 6. The van der Waals surface area contributed by atoms with Crippen molar-refractivity contribution >= 4 is 21.8 Å². The van der Waals surface area contributed by atoms with Gasteiger partial charge in [0, 0.05) is 61.3 Å². The van der Waals surface area contributed by atoms with Crippen LogP contribution in [0.5, 0.6) is 11.5 Å². The molecule has 0 aliphatic rings. The van der Waals surface area contributed by atoms with Gasteiger partial charge in [-0.3, -0.25) is 4.57 Å². The summed E-state index contributed by atoms with van der Waals surface area (Å²) < 4.78 is 13.6. The van der Waals surface area contributed by atoms with Crippen molar-refractivity contribution in [1.82, 2.24) is 14.1 Å². The van der Waals surface area contributed by atoms with Crippen molar-refractivity contribution in [3.63, 3.8) is 0 Å². The molecular formula is C66H72N4OPt-2. The molecule has 0 spiro atoms. The van der Waals surface area contributed by atoms with Crippen LogP contribution in [0.4, 0.5) is 0 Å². The summed E-state index contributed by atoms with van der Waals surface area (Å²) in [4.78, 5) is 5.00. The number of hydrogen-bond donors (Lipinski definition) is 0. The first-order chi connectivity index (χ1) is 33.2. The Balaban J connectivity index is 0.00000693. The summed E-state index contributed by atoms with van der Waals surface area (Å²) in [6, 6.07) is 55.9. The molecule has 0 aliphatic heterocycles. The average molecular weight is 1130 g/mol. The van der Waals surface area contributed by atoms with Gasteiger partial charge >= 0.3 is 0 Å². The van der Waals surface area contributed by atoms with Gasteiger partial charge in [0.2, 0.25) is 0 Å². The zero-order valence-electron chi connectivity index (χ0n) is 45.4. The van der Waals surface area contributed by atoms with Crippen LogP contribution in [0.3, 0.4) is 0 Å². The molecule has 6 heteroatoms. The van der Waals surface area contributed by atoms with Crippen LogP contribution in [-0.4, -0.2) is 14.1 Å². The van der Waals surface area contributed by atoms with E-state index in [9.17, 15) is 0 Å². The summed E-state index contributed by atoms with van der Waals surface area (Å²) in [5.41, 5.74) is 12.7. The van der Waals surface area contributed by atoms with Crippen molar-refractivity contribution in [2.45, 2.75) is 143 Å². The fraction of sp³-hybridized carbons (Fsp3) is 0.333. The Labute approximate surface area is 444 Å². The van der Waals surface area contributed by atoms with Gasteiger partial charge in [0.1, 0.15) is 5.82 Å². The molecule has 0 aliphatic carbocycles. The SMILES string of the molecule is CC(C)(C)c1cc(Oc2[c-]c3c(cc2)c2cc(C(C)(C)c4ccccc4)ccc2n3-c2cc(C(C)(C)C)ccn2)[c-]c(-n2[c-][n+](-c3cc(C(C)(C)C)cc(C(C)(C)C)c3)c(C(C)(C)c3ccccc3)c2)c1.[Pt]. The Morgan fingerprint density at radius 3 is 1.62 bits per heavy atom. The fourth-order valence-corrected chi connectivity index (χ4v) is 9.64. The molecule has 72 heavy (non-hydrogen) atoms. The topological polar surface area (TPSA) is 35.9 Å². The van der Waals surface area contributed by atoms with Gasteiger partial charge < -0.3 is 13.9 Å². The van der Waals surface area contributed by atoms with Crippen LogP contribution in [0.15, 0.2) is 146 Å². The second-order valence-electron chi connectivity index (χ2n) is 24.8. The van der Waals surface area contributed by atoms with Crippen LogP contribution in [0.2, 0.25) is 0 Å². The van der Waals surface area contributed by atoms with E-state index in [1.165, 1.54) is 33.4 Å². The van der Waals surface area contributed by atoms with Gasteiger partial charge in [-0.05, 0) is 96.4 Å². The maximum Gasteiger partial charge on any atom is 0.267 e. The van der Waals surface area contributed by atoms with Gasteiger partial charge in [0.25, 0.3) is 6.33 Å². The summed E-state index contributed by atoms with van der Waals surface area (Å²) in [5, 5.41) is 2.23. The summed E-state index contributed by atoms with van der Waals surface area (Å²) >= 11 is 0. The summed E-state index contributed by atoms with van der Waals surface area (Å²) in [6.07, 6.45) is 8.01. The summed E-state index contributed by atoms with van der Waals surface area (Å²) in [5.74, 6) is 2.04. The van der Waals surface area contributed by atoms with Crippen molar-refractivity contribution in [3.05, 3.63) is 209 Å². The Hall–Kier alpha value is -6.03. The normalized spacial score (nSPS) is 12.9. The summed E-state index contributed by atoms with van der Waals surface area (Å²) in [7, 11) is 0. The van der Waals surface area contributed by atoms with Crippen LogP contribution in [-0.2, 0) is 53.6 Å². The smallest absolute Gasteiger partial charge is 0.267 e. The minimum absolute atomic E-state index is 0. The minimum Gasteiger partial charge on any atom is -0.510 e. The minimum atomic E-state index is -0.383. The third-order valence-electron chi connectivity index (χ3n) is 14.6. The van der Waals surface area contributed by atoms with Crippen LogP contribution >= 0.6 is 0 Å². The molecule has 5 nitrogen and oxygen atoms in total. The molecule has 0 fully saturated rings. The number of pyridine rings is 1. The van der Waals surface area contributed by atoms with Crippen LogP contribution in [0.1, 0.15) is 155 Å². The molecule has 9 rings (SSSR count). The van der Waals surface area contributed by atoms with E-state index in [4.69, 9.17) is 9.72 Å². The van der Waals surface area contributed by atoms with E-state index in [0.29, 0.717) is 11.5 Å². The van der Waals surface area contributed by atoms with E-state index in [0.717, 1.165) is 50.3 Å². The van der Waals surface area contributed by atoms with Crippen LogP contribution in [0.25, 0.3) is 39.0 Å². The van der Waals surface area contributed by atoms with E-state index in [-0.39, 0.29) is 53.6 Å². The number of fused-ring (bicyclic) bond motifs is 3. The largest absolute Gasteiger partial charge is 0.510 e. The molecule has 0 N–H and O–H groups in total. The zero-order valence-corrected chi connectivity index (χ0v) is 47.6. The molecule has 9 aromatic rings. The van der Waals surface area contributed by atoms with Crippen LogP contribution in [0, 0.1) is 18.5 Å². The molecule has 0 amide bonds. The van der Waals surface area contributed by atoms with Gasteiger partial charge in [0.05, 0.1) is 11.4 Å². The molecular weight excluding hydrogens is 1060 g/mol. The van der Waals surface area contributed by atoms with Crippen molar-refractivity contribution in [2.75, 3.05) is 0 Å². The van der Waals surface area contributed by atoms with Gasteiger partial charge in [-0.2, -0.15) is 17.7 Å². The van der Waals surface area contributed by atoms with Gasteiger partial charge in [-0.25, -0.2) is 4.98 Å². The molecule has 0 radical (unpaired) electrons. The number of ether oxygens (including phenoxy) is 1. The first-order valence-corrected chi connectivity index (χ1v) is 25.3. The predicted molar refractivity (Wildman–Crippen MR) is 294 cm³/mol. The first-order valence-electron chi connectivity index (χ1n) is 25.3. The van der Waals surface area contributed by atoms with Gasteiger partial charge in [-0.1, -0.05) is 195 Å². The second-order valence-corrected chi connectivity index (χ2v) is 24.8. The molecule has 0 bridgehead atoms. The third-order valence-corrected chi connectivity index (χ3v) is 14.6. The second kappa shape index (κ2) is 18.8. The molecule has 3 heterocycles. The van der Waals surface area contributed by atoms with Crippen molar-refractivity contribution in [3.8, 4) is 28.7 Å². The molecule has 374 valence electrons. The Morgan fingerprint density at radius 2 is 1.04 bits per heavy atom. The molecule has 3 aromatic heterocycles. The number of imidazole rings is 1. The van der Waals surface area contributed by atoms with Gasteiger partial charge in [-0.15, -0.1) is 29.7 Å². The van der Waals surface area contributed by atoms with Crippen molar-refractivity contribution in [1.29, 1.82) is 0 Å². The molecule has 0 saturated carbocycles. The average Bonchev–Trinajstić information content (AvgIpc) is 3.91. The molecule has 6 aromatic carbocycles. The van der Waals surface area contributed by atoms with Crippen LogP contribution < -0.4 is 9.30 Å². The maximum atomic E-state index is 6.97. The Kier molecular flexibility index (Phi) is 13.6. The van der Waals surface area contributed by atoms with Crippen molar-refractivity contribution in [2.24, 2.45) is 0 Å². The summed E-state index contributed by atoms with van der Waals surface area (Å²) in [6.45, 7) is 36.4. The van der Waals surface area contributed by atoms with Crippen molar-refractivity contribution < 1.29 is 30.4 Å². The van der Waals surface area contributed by atoms with E-state index in [1.54, 1.807) is 0 Å². The monoisotopic (exact) mass is 1130 g/mol. The van der Waals surface area contributed by atoms with E-state index >= 15 is 0 Å². The van der Waals surface area contributed by atoms with E-state index in [1.807, 2.05) is 12.3 Å². The number of nitrogens with zero attached hydrogens (tertiary/aromatic N) is 4. The maximum absolute atomic E-state index is 6.97. The quantitative estimate of drug-likeness (QED) is 0.107. The Bertz CT molecular complexity index is 3390.